The quantitative estimate of drug-likeness (QED) is 0.581. The summed E-state index contributed by atoms with van der Waals surface area (Å²) in [5.41, 5.74) is 8.33. The summed E-state index contributed by atoms with van der Waals surface area (Å²) in [6.45, 7) is 2.06. The molecule has 1 aliphatic heterocycles. The average Bonchev–Trinajstić information content (AvgIpc) is 3.47. The van der Waals surface area contributed by atoms with E-state index in [0.717, 1.165) is 73.1 Å². The van der Waals surface area contributed by atoms with Gasteiger partial charge in [-0.2, -0.15) is 0 Å². The van der Waals surface area contributed by atoms with Gasteiger partial charge in [-0.15, -0.1) is 11.3 Å². The molecule has 1 saturated heterocycles. The summed E-state index contributed by atoms with van der Waals surface area (Å²) < 4.78 is 1.53. The Hall–Kier alpha value is -3.20. The van der Waals surface area contributed by atoms with Crippen molar-refractivity contribution in [3.8, 4) is 0 Å². The number of hydrogen-bond donors (Lipinski definition) is 2. The van der Waals surface area contributed by atoms with Crippen LogP contribution in [0.25, 0.3) is 10.2 Å². The fraction of sp³-hybridized carbons (Fsp3) is 0.417. The highest BCUT2D eigenvalue weighted by Gasteiger charge is 2.21. The van der Waals surface area contributed by atoms with E-state index in [1.54, 1.807) is 29.8 Å². The number of rotatable bonds is 6. The van der Waals surface area contributed by atoms with Crippen molar-refractivity contribution in [2.45, 2.75) is 51.5 Å². The van der Waals surface area contributed by atoms with Crippen molar-refractivity contribution in [1.82, 2.24) is 9.55 Å². The fourth-order valence-electron chi connectivity index (χ4n) is 4.80. The standard InChI is InChI=1S/C24H27N5O3S/c25-22(31)15-7-8-18(28-10-3-4-11-28)17(13-15)27-20(30)9-12-29-14-26-23-21(24(29)32)16-5-1-2-6-19(16)33-23/h7-8,13-14H,1-6,9-12H2,(H2,25,31)(H,27,30). The minimum absolute atomic E-state index is 0.0688. The van der Waals surface area contributed by atoms with Crippen LogP contribution in [0, 0.1) is 0 Å². The zero-order chi connectivity index (χ0) is 22.9. The van der Waals surface area contributed by atoms with E-state index in [1.807, 2.05) is 6.07 Å². The number of benzene rings is 1. The Labute approximate surface area is 195 Å². The van der Waals surface area contributed by atoms with Crippen molar-refractivity contribution in [3.05, 3.63) is 50.9 Å². The third kappa shape index (κ3) is 4.25. The monoisotopic (exact) mass is 465 g/mol. The van der Waals surface area contributed by atoms with E-state index in [4.69, 9.17) is 5.73 Å². The van der Waals surface area contributed by atoms with Crippen molar-refractivity contribution in [1.29, 1.82) is 0 Å². The van der Waals surface area contributed by atoms with Gasteiger partial charge in [-0.05, 0) is 62.3 Å². The van der Waals surface area contributed by atoms with Crippen LogP contribution in [0.2, 0.25) is 0 Å². The molecular weight excluding hydrogens is 438 g/mol. The van der Waals surface area contributed by atoms with Gasteiger partial charge in [0.2, 0.25) is 11.8 Å². The first-order valence-electron chi connectivity index (χ1n) is 11.5. The van der Waals surface area contributed by atoms with Crippen LogP contribution in [-0.2, 0) is 24.2 Å². The number of amides is 2. The normalized spacial score (nSPS) is 15.6. The van der Waals surface area contributed by atoms with Crippen molar-refractivity contribution in [3.63, 3.8) is 0 Å². The first-order chi connectivity index (χ1) is 16.0. The summed E-state index contributed by atoms with van der Waals surface area (Å²) in [6, 6.07) is 5.15. The molecule has 8 nitrogen and oxygen atoms in total. The van der Waals surface area contributed by atoms with Gasteiger partial charge in [-0.25, -0.2) is 4.98 Å². The summed E-state index contributed by atoms with van der Waals surface area (Å²) in [7, 11) is 0. The summed E-state index contributed by atoms with van der Waals surface area (Å²) in [4.78, 5) is 46.4. The van der Waals surface area contributed by atoms with Gasteiger partial charge in [-0.1, -0.05) is 0 Å². The number of hydrogen-bond acceptors (Lipinski definition) is 6. The van der Waals surface area contributed by atoms with Gasteiger partial charge in [0.1, 0.15) is 4.83 Å². The molecule has 1 aromatic carbocycles. The maximum absolute atomic E-state index is 13.1. The average molecular weight is 466 g/mol. The minimum Gasteiger partial charge on any atom is -0.370 e. The fourth-order valence-corrected chi connectivity index (χ4v) is 6.02. The number of carbonyl (C=O) groups excluding carboxylic acids is 2. The second kappa shape index (κ2) is 8.97. The Kier molecular flexibility index (Phi) is 5.88. The Balaban J connectivity index is 1.34. The van der Waals surface area contributed by atoms with E-state index in [0.29, 0.717) is 11.3 Å². The summed E-state index contributed by atoms with van der Waals surface area (Å²) in [5, 5.41) is 3.66. The number of primary amides is 1. The lowest BCUT2D eigenvalue weighted by Gasteiger charge is -2.22. The van der Waals surface area contributed by atoms with E-state index < -0.39 is 5.91 Å². The van der Waals surface area contributed by atoms with E-state index >= 15 is 0 Å². The van der Waals surface area contributed by atoms with Crippen LogP contribution in [0.4, 0.5) is 11.4 Å². The number of aromatic nitrogens is 2. The van der Waals surface area contributed by atoms with Crippen molar-refractivity contribution >= 4 is 44.7 Å². The zero-order valence-electron chi connectivity index (χ0n) is 18.4. The van der Waals surface area contributed by atoms with Crippen molar-refractivity contribution < 1.29 is 9.59 Å². The highest BCUT2D eigenvalue weighted by Crippen LogP contribution is 2.33. The Bertz CT molecular complexity index is 1290. The molecule has 0 unspecified atom stereocenters. The SMILES string of the molecule is NC(=O)c1ccc(N2CCCC2)c(NC(=O)CCn2cnc3sc4c(c3c2=O)CCCC4)c1. The number of nitrogens with one attached hydrogen (secondary N) is 1. The predicted octanol–water partition coefficient (Wildman–Crippen LogP) is 3.06. The van der Waals surface area contributed by atoms with Gasteiger partial charge in [0, 0.05) is 36.5 Å². The summed E-state index contributed by atoms with van der Waals surface area (Å²) in [6.07, 6.45) is 8.05. The first-order valence-corrected chi connectivity index (χ1v) is 12.3. The number of carbonyl (C=O) groups is 2. The zero-order valence-corrected chi connectivity index (χ0v) is 19.2. The van der Waals surface area contributed by atoms with Gasteiger partial charge in [0.25, 0.3) is 5.56 Å². The highest BCUT2D eigenvalue weighted by molar-refractivity contribution is 7.18. The van der Waals surface area contributed by atoms with Gasteiger partial charge in [0.05, 0.1) is 23.1 Å². The molecule has 0 atom stereocenters. The Morgan fingerprint density at radius 1 is 1.12 bits per heavy atom. The summed E-state index contributed by atoms with van der Waals surface area (Å²) >= 11 is 1.62. The molecule has 3 heterocycles. The number of nitrogens with zero attached hydrogens (tertiary/aromatic N) is 3. The van der Waals surface area contributed by atoms with E-state index in [9.17, 15) is 14.4 Å². The van der Waals surface area contributed by atoms with Crippen LogP contribution in [0.5, 0.6) is 0 Å². The van der Waals surface area contributed by atoms with Gasteiger partial charge in [-0.3, -0.25) is 19.0 Å². The lowest BCUT2D eigenvalue weighted by atomic mass is 9.97. The van der Waals surface area contributed by atoms with Crippen molar-refractivity contribution in [2.75, 3.05) is 23.3 Å². The maximum atomic E-state index is 13.1. The second-order valence-electron chi connectivity index (χ2n) is 8.72. The largest absolute Gasteiger partial charge is 0.370 e. The molecule has 172 valence electrons. The van der Waals surface area contributed by atoms with Gasteiger partial charge in [0.15, 0.2) is 0 Å². The molecule has 2 aromatic heterocycles. The molecule has 3 N–H and O–H groups in total. The molecule has 2 amide bonds. The Morgan fingerprint density at radius 2 is 1.91 bits per heavy atom. The molecule has 0 bridgehead atoms. The molecule has 1 fully saturated rings. The number of nitrogens with two attached hydrogens (primary N) is 1. The van der Waals surface area contributed by atoms with Crippen LogP contribution >= 0.6 is 11.3 Å². The molecule has 0 saturated carbocycles. The topological polar surface area (TPSA) is 110 Å². The smallest absolute Gasteiger partial charge is 0.262 e. The predicted molar refractivity (Wildman–Crippen MR) is 130 cm³/mol. The van der Waals surface area contributed by atoms with Gasteiger partial charge >= 0.3 is 0 Å². The number of aryl methyl sites for hydroxylation is 3. The summed E-state index contributed by atoms with van der Waals surface area (Å²) in [5.74, 6) is -0.764. The van der Waals surface area contributed by atoms with E-state index in [1.165, 1.54) is 9.44 Å². The highest BCUT2D eigenvalue weighted by atomic mass is 32.1. The molecule has 5 rings (SSSR count). The lowest BCUT2D eigenvalue weighted by Crippen LogP contribution is -2.25. The molecule has 0 radical (unpaired) electrons. The molecule has 2 aliphatic rings. The maximum Gasteiger partial charge on any atom is 0.262 e. The molecule has 0 spiro atoms. The van der Waals surface area contributed by atoms with Crippen LogP contribution < -0.4 is 21.5 Å². The van der Waals surface area contributed by atoms with Crippen molar-refractivity contribution in [2.24, 2.45) is 5.73 Å². The Morgan fingerprint density at radius 3 is 2.70 bits per heavy atom. The second-order valence-corrected chi connectivity index (χ2v) is 9.81. The number of anilines is 2. The van der Waals surface area contributed by atoms with E-state index in [-0.39, 0.29) is 24.4 Å². The van der Waals surface area contributed by atoms with Gasteiger partial charge < -0.3 is 16.0 Å². The number of fused-ring (bicyclic) bond motifs is 3. The first kappa shape index (κ1) is 21.6. The lowest BCUT2D eigenvalue weighted by molar-refractivity contribution is -0.116. The van der Waals surface area contributed by atoms with Crippen LogP contribution in [0.3, 0.4) is 0 Å². The van der Waals surface area contributed by atoms with Crippen LogP contribution in [-0.4, -0.2) is 34.5 Å². The molecular formula is C24H27N5O3S. The van der Waals surface area contributed by atoms with E-state index in [2.05, 4.69) is 15.2 Å². The van der Waals surface area contributed by atoms with Crippen LogP contribution in [0.1, 0.15) is 52.9 Å². The third-order valence-electron chi connectivity index (χ3n) is 6.52. The molecule has 3 aromatic rings. The number of thiophene rings is 1. The molecule has 9 heteroatoms. The third-order valence-corrected chi connectivity index (χ3v) is 7.72. The van der Waals surface area contributed by atoms with Crippen LogP contribution in [0.15, 0.2) is 29.3 Å². The molecule has 33 heavy (non-hydrogen) atoms. The molecule has 1 aliphatic carbocycles. The minimum atomic E-state index is -0.538.